The highest BCUT2D eigenvalue weighted by Crippen LogP contribution is 2.34. The monoisotopic (exact) mass is 569 g/mol. The maximum Gasteiger partial charge on any atom is 0.244 e. The molecule has 0 spiro atoms. The first-order chi connectivity index (χ1) is 19.1. The van der Waals surface area contributed by atoms with Gasteiger partial charge < -0.3 is 24.4 Å². The minimum atomic E-state index is -3.95. The average molecular weight is 570 g/mol. The van der Waals surface area contributed by atoms with Gasteiger partial charge in [0, 0.05) is 26.1 Å². The van der Waals surface area contributed by atoms with Crippen LogP contribution < -0.4 is 23.8 Å². The summed E-state index contributed by atoms with van der Waals surface area (Å²) in [5.74, 6) is 0.306. The summed E-state index contributed by atoms with van der Waals surface area (Å²) < 4.78 is 42.9. The van der Waals surface area contributed by atoms with E-state index < -0.39 is 28.5 Å². The van der Waals surface area contributed by atoms with E-state index in [4.69, 9.17) is 14.2 Å². The maximum absolute atomic E-state index is 14.1. The normalized spacial score (nSPS) is 11.7. The molecule has 2 amide bonds. The Morgan fingerprint density at radius 3 is 2.10 bits per heavy atom. The third kappa shape index (κ3) is 7.66. The number of hydrogen-bond acceptors (Lipinski definition) is 7. The number of carbonyl (C=O) groups is 2. The van der Waals surface area contributed by atoms with Crippen molar-refractivity contribution in [2.24, 2.45) is 0 Å². The van der Waals surface area contributed by atoms with Crippen molar-refractivity contribution in [1.82, 2.24) is 10.2 Å². The Kier molecular flexibility index (Phi) is 10.4. The summed E-state index contributed by atoms with van der Waals surface area (Å²) in [6.45, 7) is -0.522. The summed E-state index contributed by atoms with van der Waals surface area (Å²) in [5, 5.41) is 2.65. The van der Waals surface area contributed by atoms with Gasteiger partial charge in [-0.1, -0.05) is 42.5 Å². The first-order valence-corrected chi connectivity index (χ1v) is 14.3. The molecule has 10 nitrogen and oxygen atoms in total. The van der Waals surface area contributed by atoms with Crippen LogP contribution in [0.2, 0.25) is 0 Å². The van der Waals surface area contributed by atoms with Gasteiger partial charge in [0.25, 0.3) is 0 Å². The van der Waals surface area contributed by atoms with Crippen LogP contribution in [0.4, 0.5) is 5.69 Å². The van der Waals surface area contributed by atoms with Gasteiger partial charge in [0.2, 0.25) is 21.8 Å². The second kappa shape index (κ2) is 13.7. The van der Waals surface area contributed by atoms with Crippen molar-refractivity contribution in [3.63, 3.8) is 0 Å². The second-order valence-electron chi connectivity index (χ2n) is 9.00. The van der Waals surface area contributed by atoms with Gasteiger partial charge in [-0.15, -0.1) is 0 Å². The molecule has 0 radical (unpaired) electrons. The van der Waals surface area contributed by atoms with Gasteiger partial charge in [0.1, 0.15) is 29.8 Å². The van der Waals surface area contributed by atoms with Gasteiger partial charge in [-0.05, 0) is 35.4 Å². The zero-order valence-corrected chi connectivity index (χ0v) is 24.1. The molecule has 1 N–H and O–H groups in total. The van der Waals surface area contributed by atoms with Crippen molar-refractivity contribution in [2.45, 2.75) is 19.0 Å². The van der Waals surface area contributed by atoms with Crippen LogP contribution in [-0.4, -0.2) is 72.4 Å². The Hall–Kier alpha value is -4.25. The minimum Gasteiger partial charge on any atom is -0.497 e. The summed E-state index contributed by atoms with van der Waals surface area (Å²) >= 11 is 0. The molecule has 1 atom stereocenters. The lowest BCUT2D eigenvalue weighted by atomic mass is 10.0. The molecule has 0 saturated carbocycles. The number of methoxy groups -OCH3 is 3. The Morgan fingerprint density at radius 2 is 1.50 bits per heavy atom. The fraction of sp³-hybridized carbons (Fsp3) is 0.310. The molecule has 0 bridgehead atoms. The minimum absolute atomic E-state index is 0.0400. The van der Waals surface area contributed by atoms with Crippen LogP contribution in [0, 0.1) is 0 Å². The van der Waals surface area contributed by atoms with Crippen LogP contribution in [0.3, 0.4) is 0 Å². The molecule has 11 heteroatoms. The van der Waals surface area contributed by atoms with Crippen LogP contribution in [0.25, 0.3) is 0 Å². The van der Waals surface area contributed by atoms with E-state index in [1.807, 2.05) is 36.4 Å². The van der Waals surface area contributed by atoms with Gasteiger partial charge in [-0.2, -0.15) is 0 Å². The van der Waals surface area contributed by atoms with E-state index in [-0.39, 0.29) is 30.3 Å². The topological polar surface area (TPSA) is 114 Å². The standard InChI is InChI=1S/C29H35N3O7S/c1-30-29(34)26(17-21-10-7-6-8-11-21)31(19-22-12-9-13-23(16-22)37-2)28(33)20-32(40(5,35)36)25-15-14-24(38-3)18-27(25)39-4/h6-16,18,26H,17,19-20H2,1-5H3,(H,30,34). The van der Waals surface area contributed by atoms with Gasteiger partial charge in [0.15, 0.2) is 0 Å². The lowest BCUT2D eigenvalue weighted by Crippen LogP contribution is -2.52. The number of amides is 2. The number of hydrogen-bond donors (Lipinski definition) is 1. The van der Waals surface area contributed by atoms with Crippen molar-refractivity contribution in [3.05, 3.63) is 83.9 Å². The van der Waals surface area contributed by atoms with Crippen LogP contribution in [-0.2, 0) is 32.6 Å². The van der Waals surface area contributed by atoms with E-state index in [0.717, 1.165) is 16.1 Å². The SMILES string of the molecule is CNC(=O)C(Cc1ccccc1)N(Cc1cccc(OC)c1)C(=O)CN(c1ccc(OC)cc1OC)S(C)(=O)=O. The molecule has 0 heterocycles. The number of anilines is 1. The smallest absolute Gasteiger partial charge is 0.244 e. The number of nitrogens with zero attached hydrogens (tertiary/aromatic N) is 2. The number of likely N-dealkylation sites (N-methyl/N-ethyl adjacent to an activating group) is 1. The number of carbonyl (C=O) groups excluding carboxylic acids is 2. The zero-order valence-electron chi connectivity index (χ0n) is 23.3. The van der Waals surface area contributed by atoms with Crippen LogP contribution in [0.5, 0.6) is 17.2 Å². The Bertz CT molecular complexity index is 1410. The molecule has 3 rings (SSSR count). The highest BCUT2D eigenvalue weighted by atomic mass is 32.2. The van der Waals surface area contributed by atoms with Crippen molar-refractivity contribution in [3.8, 4) is 17.2 Å². The molecule has 0 saturated heterocycles. The number of ether oxygens (including phenoxy) is 3. The zero-order chi connectivity index (χ0) is 29.3. The fourth-order valence-corrected chi connectivity index (χ4v) is 5.13. The summed E-state index contributed by atoms with van der Waals surface area (Å²) in [6.07, 6.45) is 1.23. The number of sulfonamides is 1. The molecule has 214 valence electrons. The molecule has 0 aliphatic heterocycles. The van der Waals surface area contributed by atoms with E-state index in [1.54, 1.807) is 24.3 Å². The summed E-state index contributed by atoms with van der Waals surface area (Å²) in [7, 11) is 1.97. The highest BCUT2D eigenvalue weighted by Gasteiger charge is 2.33. The van der Waals surface area contributed by atoms with Gasteiger partial charge in [-0.25, -0.2) is 8.42 Å². The third-order valence-electron chi connectivity index (χ3n) is 6.34. The Labute approximate surface area is 235 Å². The molecular weight excluding hydrogens is 534 g/mol. The predicted octanol–water partition coefficient (Wildman–Crippen LogP) is 2.86. The number of nitrogens with one attached hydrogen (secondary N) is 1. The van der Waals surface area contributed by atoms with Crippen molar-refractivity contribution in [1.29, 1.82) is 0 Å². The van der Waals surface area contributed by atoms with Crippen LogP contribution >= 0.6 is 0 Å². The summed E-state index contributed by atoms with van der Waals surface area (Å²) in [4.78, 5) is 28.7. The van der Waals surface area contributed by atoms with E-state index in [0.29, 0.717) is 17.1 Å². The average Bonchev–Trinajstić information content (AvgIpc) is 2.96. The molecule has 0 aromatic heterocycles. The Balaban J connectivity index is 2.07. The molecule has 0 aliphatic rings. The third-order valence-corrected chi connectivity index (χ3v) is 7.47. The fourth-order valence-electron chi connectivity index (χ4n) is 4.27. The van der Waals surface area contributed by atoms with E-state index in [1.165, 1.54) is 45.4 Å². The summed E-state index contributed by atoms with van der Waals surface area (Å²) in [6, 6.07) is 20.2. The number of benzene rings is 3. The molecule has 1 unspecified atom stereocenters. The quantitative estimate of drug-likeness (QED) is 0.337. The largest absolute Gasteiger partial charge is 0.497 e. The predicted molar refractivity (Wildman–Crippen MR) is 153 cm³/mol. The first kappa shape index (κ1) is 30.3. The molecule has 0 fully saturated rings. The lowest BCUT2D eigenvalue weighted by molar-refractivity contribution is -0.139. The first-order valence-electron chi connectivity index (χ1n) is 12.5. The van der Waals surface area contributed by atoms with E-state index in [2.05, 4.69) is 5.32 Å². The van der Waals surface area contributed by atoms with Crippen molar-refractivity contribution < 1.29 is 32.2 Å². The molecule has 3 aromatic rings. The van der Waals surface area contributed by atoms with Crippen molar-refractivity contribution in [2.75, 3.05) is 45.5 Å². The van der Waals surface area contributed by atoms with E-state index >= 15 is 0 Å². The molecule has 3 aromatic carbocycles. The van der Waals surface area contributed by atoms with Crippen LogP contribution in [0.15, 0.2) is 72.8 Å². The van der Waals surface area contributed by atoms with Crippen LogP contribution in [0.1, 0.15) is 11.1 Å². The molecular formula is C29H35N3O7S. The van der Waals surface area contributed by atoms with Gasteiger partial charge in [-0.3, -0.25) is 13.9 Å². The lowest BCUT2D eigenvalue weighted by Gasteiger charge is -2.33. The second-order valence-corrected chi connectivity index (χ2v) is 10.9. The maximum atomic E-state index is 14.1. The number of rotatable bonds is 13. The molecule has 40 heavy (non-hydrogen) atoms. The highest BCUT2D eigenvalue weighted by molar-refractivity contribution is 7.92. The van der Waals surface area contributed by atoms with E-state index in [9.17, 15) is 18.0 Å². The summed E-state index contributed by atoms with van der Waals surface area (Å²) in [5.41, 5.74) is 1.72. The van der Waals surface area contributed by atoms with Gasteiger partial charge >= 0.3 is 0 Å². The van der Waals surface area contributed by atoms with Crippen molar-refractivity contribution >= 4 is 27.5 Å². The molecule has 0 aliphatic carbocycles. The van der Waals surface area contributed by atoms with Gasteiger partial charge in [0.05, 0.1) is 33.3 Å². The Morgan fingerprint density at radius 1 is 0.850 bits per heavy atom.